The van der Waals surface area contributed by atoms with E-state index < -0.39 is 5.60 Å². The number of carbonyl (C=O) groups excluding carboxylic acids is 1. The number of hydrogen-bond donors (Lipinski definition) is 2. The number of alkyl carbamates (subject to hydrolysis) is 1. The zero-order chi connectivity index (χ0) is 16.2. The topological polar surface area (TPSA) is 59.6 Å². The van der Waals surface area contributed by atoms with Crippen LogP contribution in [-0.2, 0) is 9.47 Å². The van der Waals surface area contributed by atoms with Crippen molar-refractivity contribution in [2.45, 2.75) is 77.5 Å². The first-order valence-corrected chi connectivity index (χ1v) is 8.69. The molecule has 0 radical (unpaired) electrons. The second-order valence-corrected chi connectivity index (χ2v) is 7.56. The van der Waals surface area contributed by atoms with Crippen LogP contribution < -0.4 is 10.6 Å². The van der Waals surface area contributed by atoms with Gasteiger partial charge in [0.15, 0.2) is 0 Å². The molecule has 0 heterocycles. The van der Waals surface area contributed by atoms with Gasteiger partial charge >= 0.3 is 6.09 Å². The third-order valence-electron chi connectivity index (χ3n) is 4.87. The summed E-state index contributed by atoms with van der Waals surface area (Å²) in [5.74, 6) is 0. The fourth-order valence-corrected chi connectivity index (χ4v) is 3.90. The smallest absolute Gasteiger partial charge is 0.407 e. The van der Waals surface area contributed by atoms with Gasteiger partial charge in [0.05, 0.1) is 6.10 Å². The Hall–Kier alpha value is -0.810. The molecular weight excluding hydrogens is 280 g/mol. The van der Waals surface area contributed by atoms with Crippen molar-refractivity contribution in [1.82, 2.24) is 10.6 Å². The number of nitrogens with one attached hydrogen (secondary N) is 2. The third kappa shape index (κ3) is 4.13. The van der Waals surface area contributed by atoms with Gasteiger partial charge in [0, 0.05) is 31.2 Å². The van der Waals surface area contributed by atoms with Crippen LogP contribution in [0.15, 0.2) is 0 Å². The number of amides is 1. The molecule has 5 nitrogen and oxygen atoms in total. The maximum atomic E-state index is 11.6. The average molecular weight is 312 g/mol. The molecule has 0 aromatic heterocycles. The molecule has 2 atom stereocenters. The normalized spacial score (nSPS) is 26.7. The highest BCUT2D eigenvalue weighted by Crippen LogP contribution is 2.54. The van der Waals surface area contributed by atoms with Crippen LogP contribution >= 0.6 is 0 Å². The van der Waals surface area contributed by atoms with Crippen molar-refractivity contribution in [2.24, 2.45) is 5.41 Å². The largest absolute Gasteiger partial charge is 0.444 e. The van der Waals surface area contributed by atoms with Crippen molar-refractivity contribution in [1.29, 1.82) is 0 Å². The lowest BCUT2D eigenvalue weighted by molar-refractivity contribution is -0.130. The van der Waals surface area contributed by atoms with Gasteiger partial charge < -0.3 is 20.1 Å². The van der Waals surface area contributed by atoms with Crippen LogP contribution in [-0.4, -0.2) is 43.5 Å². The third-order valence-corrected chi connectivity index (χ3v) is 4.87. The summed E-state index contributed by atoms with van der Waals surface area (Å²) in [4.78, 5) is 11.6. The molecule has 2 aliphatic carbocycles. The van der Waals surface area contributed by atoms with Gasteiger partial charge in [-0.05, 0) is 47.0 Å². The van der Waals surface area contributed by atoms with Gasteiger partial charge in [0.2, 0.25) is 0 Å². The second kappa shape index (κ2) is 7.18. The van der Waals surface area contributed by atoms with E-state index in [2.05, 4.69) is 17.6 Å². The molecular formula is C17H32N2O3. The van der Waals surface area contributed by atoms with E-state index in [1.165, 1.54) is 25.7 Å². The van der Waals surface area contributed by atoms with E-state index in [1.54, 1.807) is 0 Å². The second-order valence-electron chi connectivity index (χ2n) is 7.56. The number of hydrogen-bond acceptors (Lipinski definition) is 4. The summed E-state index contributed by atoms with van der Waals surface area (Å²) < 4.78 is 11.1. The maximum absolute atomic E-state index is 11.6. The van der Waals surface area contributed by atoms with Crippen molar-refractivity contribution in [3.8, 4) is 0 Å². The van der Waals surface area contributed by atoms with E-state index in [4.69, 9.17) is 9.47 Å². The van der Waals surface area contributed by atoms with Crippen LogP contribution in [0, 0.1) is 5.41 Å². The van der Waals surface area contributed by atoms with Gasteiger partial charge in [-0.1, -0.05) is 12.8 Å². The summed E-state index contributed by atoms with van der Waals surface area (Å²) in [5.41, 5.74) is -0.0912. The summed E-state index contributed by atoms with van der Waals surface area (Å²) in [5, 5.41) is 6.41. The van der Waals surface area contributed by atoms with Crippen molar-refractivity contribution in [3.05, 3.63) is 0 Å². The van der Waals surface area contributed by atoms with Gasteiger partial charge in [-0.3, -0.25) is 0 Å². The van der Waals surface area contributed by atoms with Gasteiger partial charge in [-0.25, -0.2) is 4.79 Å². The Balaban J connectivity index is 1.68. The molecule has 5 heteroatoms. The lowest BCUT2D eigenvalue weighted by atomic mass is 9.60. The fourth-order valence-electron chi connectivity index (χ4n) is 3.90. The highest BCUT2D eigenvalue weighted by molar-refractivity contribution is 5.67. The highest BCUT2D eigenvalue weighted by Gasteiger charge is 2.56. The van der Waals surface area contributed by atoms with Crippen molar-refractivity contribution in [2.75, 3.05) is 19.7 Å². The number of ether oxygens (including phenoxy) is 2. The van der Waals surface area contributed by atoms with Gasteiger partial charge in [0.25, 0.3) is 0 Å². The molecule has 2 N–H and O–H groups in total. The Morgan fingerprint density at radius 2 is 1.91 bits per heavy atom. The Morgan fingerprint density at radius 1 is 1.23 bits per heavy atom. The number of carbonyl (C=O) groups is 1. The standard InChI is InChI=1S/C17H32N2O3/c1-5-21-14-12-13(17(14)8-6-7-9-17)18-10-11-19-15(20)22-16(2,3)4/h13-14,18H,5-12H2,1-4H3,(H,19,20). The Labute approximate surface area is 134 Å². The average Bonchev–Trinajstić information content (AvgIpc) is 2.91. The molecule has 0 aromatic carbocycles. The van der Waals surface area contributed by atoms with Crippen molar-refractivity contribution >= 4 is 6.09 Å². The van der Waals surface area contributed by atoms with Crippen LogP contribution in [0.3, 0.4) is 0 Å². The minimum absolute atomic E-state index is 0.342. The first kappa shape index (κ1) is 17.5. The van der Waals surface area contributed by atoms with E-state index in [-0.39, 0.29) is 6.09 Å². The van der Waals surface area contributed by atoms with E-state index in [9.17, 15) is 4.79 Å². The Kier molecular flexibility index (Phi) is 5.72. The van der Waals surface area contributed by atoms with Gasteiger partial charge in [0.1, 0.15) is 5.60 Å². The summed E-state index contributed by atoms with van der Waals surface area (Å²) in [7, 11) is 0. The Bertz CT molecular complexity index is 373. The molecule has 0 bridgehead atoms. The quantitative estimate of drug-likeness (QED) is 0.741. The number of rotatable bonds is 6. The van der Waals surface area contributed by atoms with E-state index in [0.717, 1.165) is 19.6 Å². The molecule has 2 fully saturated rings. The molecule has 0 saturated heterocycles. The van der Waals surface area contributed by atoms with Crippen LogP contribution in [0.5, 0.6) is 0 Å². The molecule has 1 spiro atoms. The molecule has 0 aromatic rings. The monoisotopic (exact) mass is 312 g/mol. The molecule has 1 amide bonds. The van der Waals surface area contributed by atoms with Crippen molar-refractivity contribution < 1.29 is 14.3 Å². The van der Waals surface area contributed by atoms with Gasteiger partial charge in [-0.15, -0.1) is 0 Å². The zero-order valence-corrected chi connectivity index (χ0v) is 14.5. The molecule has 2 aliphatic rings. The molecule has 0 aliphatic heterocycles. The molecule has 22 heavy (non-hydrogen) atoms. The maximum Gasteiger partial charge on any atom is 0.407 e. The van der Waals surface area contributed by atoms with Crippen LogP contribution in [0.25, 0.3) is 0 Å². The lowest BCUT2D eigenvalue weighted by Gasteiger charge is -2.54. The van der Waals surface area contributed by atoms with E-state index >= 15 is 0 Å². The molecule has 2 unspecified atom stereocenters. The predicted molar refractivity (Wildman–Crippen MR) is 87.0 cm³/mol. The van der Waals surface area contributed by atoms with Crippen LogP contribution in [0.1, 0.15) is 59.8 Å². The van der Waals surface area contributed by atoms with Crippen LogP contribution in [0.4, 0.5) is 4.79 Å². The Morgan fingerprint density at radius 3 is 2.50 bits per heavy atom. The van der Waals surface area contributed by atoms with E-state index in [1.807, 2.05) is 20.8 Å². The molecule has 2 rings (SSSR count). The van der Waals surface area contributed by atoms with Crippen LogP contribution in [0.2, 0.25) is 0 Å². The first-order valence-electron chi connectivity index (χ1n) is 8.69. The summed E-state index contributed by atoms with van der Waals surface area (Å²) >= 11 is 0. The fraction of sp³-hybridized carbons (Fsp3) is 0.941. The summed E-state index contributed by atoms with van der Waals surface area (Å²) in [6, 6.07) is 0.534. The lowest BCUT2D eigenvalue weighted by Crippen LogP contribution is -2.63. The van der Waals surface area contributed by atoms with E-state index in [0.29, 0.717) is 24.1 Å². The summed E-state index contributed by atoms with van der Waals surface area (Å²) in [6.45, 7) is 9.88. The first-order chi connectivity index (χ1) is 10.4. The minimum Gasteiger partial charge on any atom is -0.444 e. The predicted octanol–water partition coefficient (Wildman–Crippen LogP) is 2.84. The summed E-state index contributed by atoms with van der Waals surface area (Å²) in [6.07, 6.45) is 6.36. The highest BCUT2D eigenvalue weighted by atomic mass is 16.6. The minimum atomic E-state index is -0.440. The molecule has 128 valence electrons. The SMILES string of the molecule is CCOC1CC(NCCNC(=O)OC(C)(C)C)C12CCCC2. The zero-order valence-electron chi connectivity index (χ0n) is 14.5. The van der Waals surface area contributed by atoms with Gasteiger partial charge in [-0.2, -0.15) is 0 Å². The molecule has 2 saturated carbocycles. The van der Waals surface area contributed by atoms with Crippen molar-refractivity contribution in [3.63, 3.8) is 0 Å².